The second kappa shape index (κ2) is 7.29. The number of morpholine rings is 1. The van der Waals surface area contributed by atoms with Crippen LogP contribution in [0.3, 0.4) is 0 Å². The monoisotopic (exact) mass is 389 g/mol. The van der Waals surface area contributed by atoms with Crippen LogP contribution in [0.2, 0.25) is 0 Å². The molecule has 0 atom stereocenters. The number of sulfonamides is 2. The van der Waals surface area contributed by atoms with Crippen molar-refractivity contribution >= 4 is 20.0 Å². The van der Waals surface area contributed by atoms with Gasteiger partial charge in [0, 0.05) is 39.3 Å². The first-order valence-electron chi connectivity index (χ1n) is 8.23. The van der Waals surface area contributed by atoms with Crippen molar-refractivity contribution in [3.8, 4) is 0 Å². The van der Waals surface area contributed by atoms with E-state index in [4.69, 9.17) is 4.74 Å². The SMILES string of the molecule is Cc1ccc(S(=O)(=O)N2CCNCC2)cc1S(=O)(=O)N1CCOCC1. The van der Waals surface area contributed by atoms with Gasteiger partial charge in [-0.25, -0.2) is 16.8 Å². The van der Waals surface area contributed by atoms with Crippen LogP contribution in [-0.2, 0) is 24.8 Å². The molecule has 2 fully saturated rings. The number of nitrogens with one attached hydrogen (secondary N) is 1. The van der Waals surface area contributed by atoms with Gasteiger partial charge in [-0.2, -0.15) is 8.61 Å². The average Bonchev–Trinajstić information content (AvgIpc) is 2.63. The van der Waals surface area contributed by atoms with Gasteiger partial charge in [0.25, 0.3) is 0 Å². The summed E-state index contributed by atoms with van der Waals surface area (Å²) in [6.45, 7) is 4.84. The van der Waals surface area contributed by atoms with Gasteiger partial charge in [-0.1, -0.05) is 6.07 Å². The summed E-state index contributed by atoms with van der Waals surface area (Å²) in [6, 6.07) is 4.32. The maximum Gasteiger partial charge on any atom is 0.243 e. The van der Waals surface area contributed by atoms with Gasteiger partial charge in [0.1, 0.15) is 0 Å². The maximum atomic E-state index is 12.9. The van der Waals surface area contributed by atoms with Crippen LogP contribution in [0.4, 0.5) is 0 Å². The van der Waals surface area contributed by atoms with E-state index in [0.29, 0.717) is 45.0 Å². The lowest BCUT2D eigenvalue weighted by molar-refractivity contribution is 0.0730. The molecule has 10 heteroatoms. The molecular formula is C15H23N3O5S2. The predicted octanol–water partition coefficient (Wildman–Crippen LogP) is -0.390. The van der Waals surface area contributed by atoms with Crippen molar-refractivity contribution in [2.24, 2.45) is 0 Å². The van der Waals surface area contributed by atoms with E-state index in [0.717, 1.165) is 0 Å². The normalized spacial score (nSPS) is 21.3. The Balaban J connectivity index is 1.98. The predicted molar refractivity (Wildman–Crippen MR) is 92.4 cm³/mol. The quantitative estimate of drug-likeness (QED) is 0.754. The highest BCUT2D eigenvalue weighted by Gasteiger charge is 2.31. The average molecular weight is 389 g/mol. The first-order chi connectivity index (χ1) is 11.8. The van der Waals surface area contributed by atoms with Crippen LogP contribution in [-0.4, -0.2) is 77.9 Å². The molecule has 0 saturated carbocycles. The molecule has 0 spiro atoms. The lowest BCUT2D eigenvalue weighted by atomic mass is 10.2. The third kappa shape index (κ3) is 3.74. The molecule has 2 aliphatic rings. The van der Waals surface area contributed by atoms with E-state index >= 15 is 0 Å². The van der Waals surface area contributed by atoms with Crippen molar-refractivity contribution < 1.29 is 21.6 Å². The topological polar surface area (TPSA) is 96.0 Å². The summed E-state index contributed by atoms with van der Waals surface area (Å²) in [5.74, 6) is 0. The molecule has 0 aliphatic carbocycles. The third-order valence-corrected chi connectivity index (χ3v) is 8.40. The summed E-state index contributed by atoms with van der Waals surface area (Å²) in [4.78, 5) is 0.0671. The molecule has 1 N–H and O–H groups in total. The molecule has 1 aromatic rings. The standard InChI is InChI=1S/C15H23N3O5S2/c1-13-2-3-14(24(19,20)17-6-4-16-5-7-17)12-15(13)25(21,22)18-8-10-23-11-9-18/h2-3,12,16H,4-11H2,1H3. The molecule has 2 aliphatic heterocycles. The Morgan fingerprint density at radius 3 is 2.16 bits per heavy atom. The lowest BCUT2D eigenvalue weighted by Crippen LogP contribution is -2.46. The van der Waals surface area contributed by atoms with Crippen LogP contribution < -0.4 is 5.32 Å². The highest BCUT2D eigenvalue weighted by Crippen LogP contribution is 2.26. The molecule has 2 heterocycles. The van der Waals surface area contributed by atoms with Crippen LogP contribution in [0, 0.1) is 6.92 Å². The van der Waals surface area contributed by atoms with E-state index in [1.54, 1.807) is 13.0 Å². The van der Waals surface area contributed by atoms with Gasteiger partial charge in [0.15, 0.2) is 0 Å². The van der Waals surface area contributed by atoms with E-state index in [1.165, 1.54) is 20.7 Å². The minimum Gasteiger partial charge on any atom is -0.379 e. The summed E-state index contributed by atoms with van der Waals surface area (Å²) in [6.07, 6.45) is 0. The van der Waals surface area contributed by atoms with Crippen LogP contribution in [0.25, 0.3) is 0 Å². The number of nitrogens with zero attached hydrogens (tertiary/aromatic N) is 2. The number of aryl methyl sites for hydroxylation is 1. The molecule has 140 valence electrons. The van der Waals surface area contributed by atoms with Gasteiger partial charge < -0.3 is 10.1 Å². The fraction of sp³-hybridized carbons (Fsp3) is 0.600. The molecule has 3 rings (SSSR count). The minimum atomic E-state index is -3.75. The number of benzene rings is 1. The van der Waals surface area contributed by atoms with Gasteiger partial charge in [-0.15, -0.1) is 0 Å². The Hall–Kier alpha value is -1.04. The molecule has 1 aromatic carbocycles. The highest BCUT2D eigenvalue weighted by atomic mass is 32.2. The molecule has 8 nitrogen and oxygen atoms in total. The fourth-order valence-electron chi connectivity index (χ4n) is 2.98. The highest BCUT2D eigenvalue weighted by molar-refractivity contribution is 7.90. The van der Waals surface area contributed by atoms with Crippen LogP contribution in [0.5, 0.6) is 0 Å². The maximum absolute atomic E-state index is 12.9. The molecule has 0 radical (unpaired) electrons. The second-order valence-corrected chi connectivity index (χ2v) is 9.94. The summed E-state index contributed by atoms with van der Waals surface area (Å²) < 4.78 is 59.4. The molecule has 2 saturated heterocycles. The zero-order valence-corrected chi connectivity index (χ0v) is 15.8. The Morgan fingerprint density at radius 2 is 1.52 bits per heavy atom. The molecular weight excluding hydrogens is 366 g/mol. The van der Waals surface area contributed by atoms with Crippen molar-refractivity contribution in [1.29, 1.82) is 0 Å². The Labute approximate surface area is 148 Å². The van der Waals surface area contributed by atoms with Crippen molar-refractivity contribution in [2.75, 3.05) is 52.5 Å². The van der Waals surface area contributed by atoms with Crippen LogP contribution >= 0.6 is 0 Å². The van der Waals surface area contributed by atoms with Gasteiger partial charge in [-0.3, -0.25) is 0 Å². The number of rotatable bonds is 4. The molecule has 0 bridgehead atoms. The first kappa shape index (κ1) is 18.7. The number of piperazine rings is 1. The largest absolute Gasteiger partial charge is 0.379 e. The zero-order chi connectivity index (χ0) is 18.1. The van der Waals surface area contributed by atoms with Gasteiger partial charge >= 0.3 is 0 Å². The van der Waals surface area contributed by atoms with Crippen LogP contribution in [0.1, 0.15) is 5.56 Å². The number of ether oxygens (including phenoxy) is 1. The first-order valence-corrected chi connectivity index (χ1v) is 11.1. The van der Waals surface area contributed by atoms with E-state index in [-0.39, 0.29) is 22.9 Å². The van der Waals surface area contributed by atoms with Gasteiger partial charge in [0.2, 0.25) is 20.0 Å². The summed E-state index contributed by atoms with van der Waals surface area (Å²) in [7, 11) is -7.45. The molecule has 25 heavy (non-hydrogen) atoms. The summed E-state index contributed by atoms with van der Waals surface area (Å²) >= 11 is 0. The molecule has 0 aromatic heterocycles. The minimum absolute atomic E-state index is 0.0202. The van der Waals surface area contributed by atoms with Crippen molar-refractivity contribution in [2.45, 2.75) is 16.7 Å². The molecule has 0 unspecified atom stereocenters. The zero-order valence-electron chi connectivity index (χ0n) is 14.1. The van der Waals surface area contributed by atoms with Crippen molar-refractivity contribution in [3.05, 3.63) is 23.8 Å². The fourth-order valence-corrected chi connectivity index (χ4v) is 6.18. The van der Waals surface area contributed by atoms with Gasteiger partial charge in [0.05, 0.1) is 23.0 Å². The van der Waals surface area contributed by atoms with Crippen LogP contribution in [0.15, 0.2) is 28.0 Å². The summed E-state index contributed by atoms with van der Waals surface area (Å²) in [5.41, 5.74) is 0.533. The van der Waals surface area contributed by atoms with Crippen molar-refractivity contribution in [1.82, 2.24) is 13.9 Å². The van der Waals surface area contributed by atoms with Crippen molar-refractivity contribution in [3.63, 3.8) is 0 Å². The smallest absolute Gasteiger partial charge is 0.243 e. The van der Waals surface area contributed by atoms with E-state index in [2.05, 4.69) is 5.32 Å². The van der Waals surface area contributed by atoms with Gasteiger partial charge in [-0.05, 0) is 24.6 Å². The lowest BCUT2D eigenvalue weighted by Gasteiger charge is -2.28. The Bertz CT molecular complexity index is 827. The Kier molecular flexibility index (Phi) is 5.47. The van der Waals surface area contributed by atoms with E-state index < -0.39 is 20.0 Å². The molecule has 0 amide bonds. The van der Waals surface area contributed by atoms with E-state index in [9.17, 15) is 16.8 Å². The van der Waals surface area contributed by atoms with E-state index in [1.807, 2.05) is 0 Å². The number of hydrogen-bond acceptors (Lipinski definition) is 6. The Morgan fingerprint density at radius 1 is 0.920 bits per heavy atom. The summed E-state index contributed by atoms with van der Waals surface area (Å²) in [5, 5.41) is 3.11. The number of hydrogen-bond donors (Lipinski definition) is 1. The second-order valence-electron chi connectivity index (χ2n) is 6.10. The third-order valence-electron chi connectivity index (χ3n) is 4.46.